The summed E-state index contributed by atoms with van der Waals surface area (Å²) in [5.41, 5.74) is 0. The van der Waals surface area contributed by atoms with Gasteiger partial charge in [0.25, 0.3) is 0 Å². The van der Waals surface area contributed by atoms with Gasteiger partial charge in [0.15, 0.2) is 0 Å². The number of hydrogen-bond acceptors (Lipinski definition) is 4. The first-order valence-electron chi connectivity index (χ1n) is 20.1. The van der Waals surface area contributed by atoms with Gasteiger partial charge in [-0.3, -0.25) is 4.79 Å². The van der Waals surface area contributed by atoms with Gasteiger partial charge >= 0.3 is 0 Å². The van der Waals surface area contributed by atoms with Crippen LogP contribution >= 0.6 is 0 Å². The van der Waals surface area contributed by atoms with Gasteiger partial charge < -0.3 is 20.6 Å². The second kappa shape index (κ2) is 36.7. The Morgan fingerprint density at radius 3 is 1.39 bits per heavy atom. The summed E-state index contributed by atoms with van der Waals surface area (Å²) in [7, 11) is 0. The molecule has 0 aliphatic heterocycles. The third-order valence-corrected chi connectivity index (χ3v) is 9.23. The van der Waals surface area contributed by atoms with Gasteiger partial charge in [-0.25, -0.2) is 0 Å². The Morgan fingerprint density at radius 1 is 0.543 bits per heavy atom. The molecule has 0 saturated heterocycles. The smallest absolute Gasteiger partial charge is 0.222 e. The Labute approximate surface area is 286 Å². The van der Waals surface area contributed by atoms with Crippen LogP contribution in [-0.4, -0.2) is 46.1 Å². The van der Waals surface area contributed by atoms with Crippen molar-refractivity contribution in [3.8, 4) is 0 Å². The molecule has 0 aromatic heterocycles. The molecule has 0 aliphatic rings. The van der Waals surface area contributed by atoms with Crippen LogP contribution in [0, 0.1) is 0 Å². The van der Waals surface area contributed by atoms with Crippen molar-refractivity contribution in [2.45, 2.75) is 225 Å². The van der Waals surface area contributed by atoms with E-state index in [1.807, 2.05) is 6.08 Å². The number of unbranched alkanes of at least 4 members (excludes halogenated alkanes) is 25. The van der Waals surface area contributed by atoms with Gasteiger partial charge in [0.2, 0.25) is 5.91 Å². The summed E-state index contributed by atoms with van der Waals surface area (Å²) in [5, 5.41) is 33.0. The number of allylic oxidation sites excluding steroid dienone is 3. The standard InChI is InChI=1S/C41H79NO4/c1-3-5-7-9-11-13-14-15-16-17-18-19-20-21-22-23-24-25-26-27-29-31-33-35-40(45)39(37-43)42-41(46)36-38(44)34-32-30-28-12-10-8-6-4-2/h10,12,33,35,38-40,43-45H,3-9,11,13-32,34,36-37H2,1-2H3,(H,42,46)/b12-10-,35-33+. The van der Waals surface area contributed by atoms with Crippen molar-refractivity contribution in [2.75, 3.05) is 6.61 Å². The van der Waals surface area contributed by atoms with Gasteiger partial charge in [-0.15, -0.1) is 0 Å². The Hall–Kier alpha value is -1.17. The van der Waals surface area contributed by atoms with Crippen LogP contribution in [0.25, 0.3) is 0 Å². The quantitative estimate of drug-likeness (QED) is 0.0401. The number of hydrogen-bond donors (Lipinski definition) is 4. The van der Waals surface area contributed by atoms with E-state index < -0.39 is 18.2 Å². The molecule has 0 aliphatic carbocycles. The van der Waals surface area contributed by atoms with Gasteiger partial charge in [-0.05, 0) is 38.5 Å². The number of rotatable bonds is 36. The third-order valence-electron chi connectivity index (χ3n) is 9.23. The topological polar surface area (TPSA) is 89.8 Å². The second-order valence-corrected chi connectivity index (χ2v) is 13.9. The van der Waals surface area contributed by atoms with Gasteiger partial charge in [0, 0.05) is 0 Å². The highest BCUT2D eigenvalue weighted by atomic mass is 16.3. The predicted molar refractivity (Wildman–Crippen MR) is 199 cm³/mol. The Kier molecular flexibility index (Phi) is 35.7. The molecule has 0 saturated carbocycles. The van der Waals surface area contributed by atoms with E-state index in [1.165, 1.54) is 141 Å². The minimum absolute atomic E-state index is 0.00128. The number of amides is 1. The van der Waals surface area contributed by atoms with Crippen molar-refractivity contribution < 1.29 is 20.1 Å². The van der Waals surface area contributed by atoms with E-state index in [-0.39, 0.29) is 18.9 Å². The molecule has 1 amide bonds. The molecular formula is C41H79NO4. The van der Waals surface area contributed by atoms with Crippen molar-refractivity contribution in [2.24, 2.45) is 0 Å². The van der Waals surface area contributed by atoms with Crippen LogP contribution in [0.2, 0.25) is 0 Å². The zero-order chi connectivity index (χ0) is 33.8. The summed E-state index contributed by atoms with van der Waals surface area (Å²) in [6.07, 6.45) is 43.3. The molecule has 272 valence electrons. The van der Waals surface area contributed by atoms with Crippen LogP contribution in [0.5, 0.6) is 0 Å². The van der Waals surface area contributed by atoms with Crippen molar-refractivity contribution in [1.29, 1.82) is 0 Å². The lowest BCUT2D eigenvalue weighted by Crippen LogP contribution is -2.45. The average Bonchev–Trinajstić information content (AvgIpc) is 3.05. The molecular weight excluding hydrogens is 570 g/mol. The van der Waals surface area contributed by atoms with Crippen LogP contribution < -0.4 is 5.32 Å². The number of nitrogens with one attached hydrogen (secondary N) is 1. The maximum absolute atomic E-state index is 12.3. The van der Waals surface area contributed by atoms with E-state index >= 15 is 0 Å². The molecule has 3 atom stereocenters. The predicted octanol–water partition coefficient (Wildman–Crippen LogP) is 11.0. The lowest BCUT2D eigenvalue weighted by Gasteiger charge is -2.21. The van der Waals surface area contributed by atoms with E-state index in [0.717, 1.165) is 38.5 Å². The normalized spacial score (nSPS) is 13.9. The molecule has 5 heteroatoms. The number of aliphatic hydroxyl groups excluding tert-OH is 3. The third kappa shape index (κ3) is 32.8. The molecule has 4 N–H and O–H groups in total. The molecule has 0 bridgehead atoms. The summed E-state index contributed by atoms with van der Waals surface area (Å²) in [5.74, 6) is -0.331. The zero-order valence-corrected chi connectivity index (χ0v) is 30.7. The van der Waals surface area contributed by atoms with Crippen LogP contribution in [0.4, 0.5) is 0 Å². The highest BCUT2D eigenvalue weighted by Crippen LogP contribution is 2.15. The Morgan fingerprint density at radius 2 is 0.935 bits per heavy atom. The largest absolute Gasteiger partial charge is 0.394 e. The van der Waals surface area contributed by atoms with Crippen molar-refractivity contribution >= 4 is 5.91 Å². The summed E-state index contributed by atoms with van der Waals surface area (Å²) in [4.78, 5) is 12.3. The summed E-state index contributed by atoms with van der Waals surface area (Å²) >= 11 is 0. The van der Waals surface area contributed by atoms with Gasteiger partial charge in [-0.2, -0.15) is 0 Å². The van der Waals surface area contributed by atoms with Gasteiger partial charge in [0.05, 0.1) is 31.3 Å². The highest BCUT2D eigenvalue weighted by molar-refractivity contribution is 5.76. The molecule has 0 aromatic carbocycles. The molecule has 5 nitrogen and oxygen atoms in total. The lowest BCUT2D eigenvalue weighted by atomic mass is 10.0. The maximum Gasteiger partial charge on any atom is 0.222 e. The number of aliphatic hydroxyl groups is 3. The average molecular weight is 650 g/mol. The summed E-state index contributed by atoms with van der Waals surface area (Å²) < 4.78 is 0. The first kappa shape index (κ1) is 44.8. The van der Waals surface area contributed by atoms with E-state index in [1.54, 1.807) is 6.08 Å². The van der Waals surface area contributed by atoms with E-state index in [0.29, 0.717) is 6.42 Å². The fourth-order valence-corrected chi connectivity index (χ4v) is 6.08. The SMILES string of the molecule is CCCC/C=C\CCCCC(O)CC(=O)NC(CO)C(O)/C=C/CCCCCCCCCCCCCCCCCCCCCCC. The van der Waals surface area contributed by atoms with E-state index in [4.69, 9.17) is 0 Å². The summed E-state index contributed by atoms with van der Waals surface area (Å²) in [6.45, 7) is 4.14. The second-order valence-electron chi connectivity index (χ2n) is 13.9. The maximum atomic E-state index is 12.3. The number of carbonyl (C=O) groups is 1. The van der Waals surface area contributed by atoms with Crippen LogP contribution in [0.1, 0.15) is 206 Å². The lowest BCUT2D eigenvalue weighted by molar-refractivity contribution is -0.124. The van der Waals surface area contributed by atoms with E-state index in [2.05, 4.69) is 31.3 Å². The molecule has 0 fully saturated rings. The molecule has 0 heterocycles. The zero-order valence-electron chi connectivity index (χ0n) is 30.7. The Bertz CT molecular complexity index is 679. The fraction of sp³-hybridized carbons (Fsp3) is 0.878. The first-order valence-corrected chi connectivity index (χ1v) is 20.1. The molecule has 3 unspecified atom stereocenters. The Balaban J connectivity index is 3.61. The molecule has 0 aromatic rings. The van der Waals surface area contributed by atoms with Crippen LogP contribution in [0.15, 0.2) is 24.3 Å². The van der Waals surface area contributed by atoms with Gasteiger partial charge in [0.1, 0.15) is 0 Å². The van der Waals surface area contributed by atoms with Crippen LogP contribution in [-0.2, 0) is 4.79 Å². The minimum atomic E-state index is -0.930. The van der Waals surface area contributed by atoms with Crippen molar-refractivity contribution in [1.82, 2.24) is 5.32 Å². The first-order chi connectivity index (χ1) is 22.5. The molecule has 46 heavy (non-hydrogen) atoms. The fourth-order valence-electron chi connectivity index (χ4n) is 6.08. The van der Waals surface area contributed by atoms with Crippen LogP contribution in [0.3, 0.4) is 0 Å². The summed E-state index contributed by atoms with van der Waals surface area (Å²) in [6, 6.07) is -0.746. The number of carbonyl (C=O) groups excluding carboxylic acids is 1. The molecule has 0 rings (SSSR count). The van der Waals surface area contributed by atoms with Crippen molar-refractivity contribution in [3.63, 3.8) is 0 Å². The van der Waals surface area contributed by atoms with E-state index in [9.17, 15) is 20.1 Å². The minimum Gasteiger partial charge on any atom is -0.394 e. The molecule has 0 radical (unpaired) electrons. The highest BCUT2D eigenvalue weighted by Gasteiger charge is 2.20. The molecule has 0 spiro atoms. The monoisotopic (exact) mass is 650 g/mol. The van der Waals surface area contributed by atoms with Gasteiger partial charge in [-0.1, -0.05) is 186 Å². The van der Waals surface area contributed by atoms with Crippen molar-refractivity contribution in [3.05, 3.63) is 24.3 Å².